The summed E-state index contributed by atoms with van der Waals surface area (Å²) in [4.78, 5) is 30.8. The van der Waals surface area contributed by atoms with Gasteiger partial charge in [-0.25, -0.2) is 15.0 Å². The molecule has 2 aliphatic heterocycles. The molecule has 0 aliphatic carbocycles. The third-order valence-corrected chi connectivity index (χ3v) is 5.24. The predicted octanol–water partition coefficient (Wildman–Crippen LogP) is 1.84. The molecule has 0 atom stereocenters. The second-order valence-corrected chi connectivity index (χ2v) is 6.37. The number of aromatic nitrogens is 4. The third kappa shape index (κ3) is 1.72. The summed E-state index contributed by atoms with van der Waals surface area (Å²) >= 11 is 0. The highest BCUT2D eigenvalue weighted by Gasteiger charge is 2.48. The lowest BCUT2D eigenvalue weighted by atomic mass is 9.73. The molecule has 1 spiro atoms. The summed E-state index contributed by atoms with van der Waals surface area (Å²) in [5.74, 6) is 0.983. The van der Waals surface area contributed by atoms with Gasteiger partial charge in [-0.2, -0.15) is 0 Å². The van der Waals surface area contributed by atoms with E-state index in [-0.39, 0.29) is 5.91 Å². The van der Waals surface area contributed by atoms with Crippen LogP contribution >= 0.6 is 0 Å². The largest absolute Gasteiger partial charge is 0.355 e. The summed E-state index contributed by atoms with van der Waals surface area (Å²) in [6.07, 6.45) is 4.72. The standard InChI is InChI=1S/C17H16N6O/c24-16-17(11-3-1-2-4-12(11)22-16)5-7-23(8-6-17)15-13-14(19-9-18-13)20-10-21-15/h1-4,9-10H,5-8H2,(H,22,24)(H,18,19,20,21). The van der Waals surface area contributed by atoms with Gasteiger partial charge >= 0.3 is 0 Å². The number of H-pyrrole nitrogens is 1. The van der Waals surface area contributed by atoms with Gasteiger partial charge in [0.2, 0.25) is 5.91 Å². The Morgan fingerprint density at radius 2 is 1.92 bits per heavy atom. The van der Waals surface area contributed by atoms with Crippen molar-refractivity contribution in [2.24, 2.45) is 0 Å². The van der Waals surface area contributed by atoms with Crippen molar-refractivity contribution >= 4 is 28.6 Å². The topological polar surface area (TPSA) is 86.8 Å². The number of rotatable bonds is 1. The Labute approximate surface area is 138 Å². The zero-order valence-corrected chi connectivity index (χ0v) is 13.0. The van der Waals surface area contributed by atoms with Gasteiger partial charge in [0.05, 0.1) is 11.7 Å². The minimum atomic E-state index is -0.409. The SMILES string of the molecule is O=C1Nc2ccccc2C12CCN(c1ncnc3nc[nH]c13)CC2. The quantitative estimate of drug-likeness (QED) is 0.714. The van der Waals surface area contributed by atoms with Crippen LogP contribution in [0.1, 0.15) is 18.4 Å². The Bertz CT molecular complexity index is 941. The summed E-state index contributed by atoms with van der Waals surface area (Å²) in [7, 11) is 0. The van der Waals surface area contributed by atoms with Gasteiger partial charge in [-0.15, -0.1) is 0 Å². The maximum absolute atomic E-state index is 12.7. The van der Waals surface area contributed by atoms with E-state index in [2.05, 4.69) is 36.2 Å². The first-order valence-corrected chi connectivity index (χ1v) is 8.08. The van der Waals surface area contributed by atoms with Crippen molar-refractivity contribution in [3.63, 3.8) is 0 Å². The molecule has 0 unspecified atom stereocenters. The smallest absolute Gasteiger partial charge is 0.235 e. The molecule has 4 heterocycles. The molecule has 3 aromatic rings. The summed E-state index contributed by atoms with van der Waals surface area (Å²) in [5.41, 5.74) is 3.19. The van der Waals surface area contributed by atoms with Crippen molar-refractivity contribution in [2.75, 3.05) is 23.3 Å². The number of imidazole rings is 1. The zero-order chi connectivity index (χ0) is 16.1. The van der Waals surface area contributed by atoms with Crippen LogP contribution in [0.25, 0.3) is 11.2 Å². The van der Waals surface area contributed by atoms with E-state index in [9.17, 15) is 4.79 Å². The van der Waals surface area contributed by atoms with E-state index in [0.29, 0.717) is 5.65 Å². The molecule has 7 heteroatoms. The van der Waals surface area contributed by atoms with Gasteiger partial charge in [0.1, 0.15) is 11.8 Å². The van der Waals surface area contributed by atoms with Crippen LogP contribution in [0.15, 0.2) is 36.9 Å². The summed E-state index contributed by atoms with van der Waals surface area (Å²) in [5, 5.41) is 3.04. The van der Waals surface area contributed by atoms with Gasteiger partial charge in [0.25, 0.3) is 0 Å². The number of anilines is 2. The number of aromatic amines is 1. The Balaban J connectivity index is 1.48. The van der Waals surface area contributed by atoms with Gasteiger partial charge in [-0.1, -0.05) is 18.2 Å². The third-order valence-electron chi connectivity index (χ3n) is 5.24. The highest BCUT2D eigenvalue weighted by atomic mass is 16.2. The average Bonchev–Trinajstić information content (AvgIpc) is 3.20. The number of fused-ring (bicyclic) bond motifs is 3. The Kier molecular flexibility index (Phi) is 2.68. The molecule has 2 N–H and O–H groups in total. The van der Waals surface area contributed by atoms with Gasteiger partial charge < -0.3 is 15.2 Å². The zero-order valence-electron chi connectivity index (χ0n) is 13.0. The van der Waals surface area contributed by atoms with Crippen LogP contribution in [-0.4, -0.2) is 38.9 Å². The fourth-order valence-electron chi connectivity index (χ4n) is 3.96. The number of piperidine rings is 1. The molecule has 0 bridgehead atoms. The molecule has 0 radical (unpaired) electrons. The lowest BCUT2D eigenvalue weighted by Gasteiger charge is -2.38. The molecule has 0 saturated carbocycles. The molecule has 1 amide bonds. The fraction of sp³-hybridized carbons (Fsp3) is 0.294. The molecule has 120 valence electrons. The summed E-state index contributed by atoms with van der Waals surface area (Å²) in [6, 6.07) is 8.02. The molecule has 5 rings (SSSR count). The van der Waals surface area contributed by atoms with Crippen LogP contribution in [0.2, 0.25) is 0 Å². The number of benzene rings is 1. The van der Waals surface area contributed by atoms with Crippen molar-refractivity contribution in [3.8, 4) is 0 Å². The lowest BCUT2D eigenvalue weighted by Crippen LogP contribution is -2.46. The van der Waals surface area contributed by atoms with Gasteiger partial charge in [-0.05, 0) is 24.5 Å². The number of carbonyl (C=O) groups excluding carboxylic acids is 1. The van der Waals surface area contributed by atoms with Crippen LogP contribution in [0.5, 0.6) is 0 Å². The van der Waals surface area contributed by atoms with E-state index in [1.165, 1.54) is 0 Å². The monoisotopic (exact) mass is 320 g/mol. The van der Waals surface area contributed by atoms with Crippen molar-refractivity contribution in [1.82, 2.24) is 19.9 Å². The minimum absolute atomic E-state index is 0.123. The van der Waals surface area contributed by atoms with E-state index in [1.54, 1.807) is 12.7 Å². The van der Waals surface area contributed by atoms with Crippen LogP contribution in [0.3, 0.4) is 0 Å². The highest BCUT2D eigenvalue weighted by Crippen LogP contribution is 2.45. The normalized spacial score (nSPS) is 18.8. The molecule has 1 saturated heterocycles. The molecular formula is C17H16N6O. The van der Waals surface area contributed by atoms with Crippen LogP contribution in [0, 0.1) is 0 Å². The summed E-state index contributed by atoms with van der Waals surface area (Å²) in [6.45, 7) is 1.54. The maximum Gasteiger partial charge on any atom is 0.235 e. The minimum Gasteiger partial charge on any atom is -0.355 e. The highest BCUT2D eigenvalue weighted by molar-refractivity contribution is 6.06. The van der Waals surface area contributed by atoms with Crippen LogP contribution in [0.4, 0.5) is 11.5 Å². The number of hydrogen-bond acceptors (Lipinski definition) is 5. The van der Waals surface area contributed by atoms with Gasteiger partial charge in [0.15, 0.2) is 11.5 Å². The second kappa shape index (κ2) is 4.77. The molecule has 7 nitrogen and oxygen atoms in total. The molecular weight excluding hydrogens is 304 g/mol. The lowest BCUT2D eigenvalue weighted by molar-refractivity contribution is -0.121. The molecule has 2 aromatic heterocycles. The first-order valence-electron chi connectivity index (χ1n) is 8.08. The Hall–Kier alpha value is -2.96. The number of amides is 1. The first kappa shape index (κ1) is 13.5. The molecule has 2 aliphatic rings. The van der Waals surface area contributed by atoms with E-state index < -0.39 is 5.41 Å². The van der Waals surface area contributed by atoms with E-state index >= 15 is 0 Å². The Morgan fingerprint density at radius 1 is 1.08 bits per heavy atom. The van der Waals surface area contributed by atoms with Crippen molar-refractivity contribution < 1.29 is 4.79 Å². The van der Waals surface area contributed by atoms with Crippen molar-refractivity contribution in [1.29, 1.82) is 0 Å². The number of hydrogen-bond donors (Lipinski definition) is 2. The van der Waals surface area contributed by atoms with Crippen molar-refractivity contribution in [3.05, 3.63) is 42.5 Å². The maximum atomic E-state index is 12.7. The fourth-order valence-corrected chi connectivity index (χ4v) is 3.96. The summed E-state index contributed by atoms with van der Waals surface area (Å²) < 4.78 is 0. The van der Waals surface area contributed by atoms with Crippen molar-refractivity contribution in [2.45, 2.75) is 18.3 Å². The number of nitrogens with one attached hydrogen (secondary N) is 2. The predicted molar refractivity (Wildman–Crippen MR) is 89.9 cm³/mol. The van der Waals surface area contributed by atoms with Crippen LogP contribution in [-0.2, 0) is 10.2 Å². The molecule has 1 aromatic carbocycles. The van der Waals surface area contributed by atoms with Gasteiger partial charge in [0, 0.05) is 18.8 Å². The number of para-hydroxylation sites is 1. The van der Waals surface area contributed by atoms with Gasteiger partial charge in [-0.3, -0.25) is 4.79 Å². The number of nitrogens with zero attached hydrogens (tertiary/aromatic N) is 4. The van der Waals surface area contributed by atoms with E-state index in [4.69, 9.17) is 0 Å². The Morgan fingerprint density at radius 3 is 2.79 bits per heavy atom. The van der Waals surface area contributed by atoms with E-state index in [1.807, 2.05) is 18.2 Å². The van der Waals surface area contributed by atoms with E-state index in [0.717, 1.165) is 48.5 Å². The number of carbonyl (C=O) groups is 1. The average molecular weight is 320 g/mol. The second-order valence-electron chi connectivity index (χ2n) is 6.37. The molecule has 24 heavy (non-hydrogen) atoms. The first-order chi connectivity index (χ1) is 11.8. The molecule has 1 fully saturated rings. The van der Waals surface area contributed by atoms with Crippen LogP contribution < -0.4 is 10.2 Å².